The van der Waals surface area contributed by atoms with Crippen molar-refractivity contribution in [2.45, 2.75) is 18.6 Å². The lowest BCUT2D eigenvalue weighted by Gasteiger charge is -2.44. The number of rotatable bonds is 6. The molecule has 1 fully saturated rings. The second-order valence-electron chi connectivity index (χ2n) is 5.94. The molecule has 2 atom stereocenters. The summed E-state index contributed by atoms with van der Waals surface area (Å²) in [5.74, 6) is 1.27. The Labute approximate surface area is 147 Å². The number of hydrogen-bond donors (Lipinski definition) is 1. The number of hydrogen-bond acceptors (Lipinski definition) is 4. The molecule has 3 rings (SSSR count). The summed E-state index contributed by atoms with van der Waals surface area (Å²) < 4.78 is 10.6. The summed E-state index contributed by atoms with van der Waals surface area (Å²) in [6, 6.07) is 15.0. The van der Waals surface area contributed by atoms with Crippen molar-refractivity contribution in [1.29, 1.82) is 0 Å². The summed E-state index contributed by atoms with van der Waals surface area (Å²) in [5.41, 5.74) is 8.04. The third-order valence-electron chi connectivity index (χ3n) is 4.38. The Hall–Kier alpha value is -2.79. The van der Waals surface area contributed by atoms with Crippen LogP contribution in [0.2, 0.25) is 0 Å². The Kier molecular flexibility index (Phi) is 5.05. The van der Waals surface area contributed by atoms with Gasteiger partial charge in [0.25, 0.3) is 0 Å². The Bertz CT molecular complexity index is 774. The van der Waals surface area contributed by atoms with Crippen LogP contribution >= 0.6 is 0 Å². The van der Waals surface area contributed by atoms with E-state index in [1.165, 1.54) is 0 Å². The Morgan fingerprint density at radius 2 is 1.80 bits per heavy atom. The molecule has 1 heterocycles. The molecule has 0 radical (unpaired) electrons. The molecule has 130 valence electrons. The molecule has 2 aromatic carbocycles. The Morgan fingerprint density at radius 1 is 1.08 bits per heavy atom. The van der Waals surface area contributed by atoms with Crippen molar-refractivity contribution in [1.82, 2.24) is 4.90 Å². The van der Waals surface area contributed by atoms with Crippen molar-refractivity contribution in [3.8, 4) is 11.5 Å². The molecule has 1 saturated heterocycles. The number of β-lactam (4-membered cyclic amide) rings is 1. The monoisotopic (exact) mass is 338 g/mol. The maximum Gasteiger partial charge on any atom is 0.242 e. The molecule has 25 heavy (non-hydrogen) atoms. The van der Waals surface area contributed by atoms with E-state index < -0.39 is 6.04 Å². The largest absolute Gasteiger partial charge is 0.493 e. The first-order valence-corrected chi connectivity index (χ1v) is 8.14. The van der Waals surface area contributed by atoms with Gasteiger partial charge in [-0.1, -0.05) is 48.6 Å². The quantitative estimate of drug-likeness (QED) is 0.822. The molecule has 5 heteroatoms. The van der Waals surface area contributed by atoms with Crippen LogP contribution < -0.4 is 15.2 Å². The Balaban J connectivity index is 1.74. The van der Waals surface area contributed by atoms with E-state index in [-0.39, 0.29) is 11.9 Å². The van der Waals surface area contributed by atoms with Crippen LogP contribution in [-0.2, 0) is 11.3 Å². The van der Waals surface area contributed by atoms with Crippen molar-refractivity contribution < 1.29 is 14.3 Å². The van der Waals surface area contributed by atoms with Crippen molar-refractivity contribution >= 4 is 12.0 Å². The molecule has 5 nitrogen and oxygen atoms in total. The SMILES string of the molecule is COc1ccc(CN2C(=O)C(N)C2C=Cc2ccccc2)cc1OC. The van der Waals surface area contributed by atoms with Crippen LogP contribution in [0.25, 0.3) is 6.08 Å². The van der Waals surface area contributed by atoms with Gasteiger partial charge in [-0.25, -0.2) is 0 Å². The highest BCUT2D eigenvalue weighted by atomic mass is 16.5. The second-order valence-corrected chi connectivity index (χ2v) is 5.94. The first kappa shape index (κ1) is 17.0. The third kappa shape index (κ3) is 3.51. The molecule has 0 spiro atoms. The van der Waals surface area contributed by atoms with Crippen LogP contribution in [0.5, 0.6) is 11.5 Å². The average Bonchev–Trinajstić information content (AvgIpc) is 2.67. The van der Waals surface area contributed by atoms with Gasteiger partial charge in [-0.15, -0.1) is 0 Å². The number of benzene rings is 2. The number of likely N-dealkylation sites (tertiary alicyclic amines) is 1. The molecule has 2 unspecified atom stereocenters. The number of carbonyl (C=O) groups excluding carboxylic acids is 1. The molecule has 0 saturated carbocycles. The average molecular weight is 338 g/mol. The van der Waals surface area contributed by atoms with E-state index in [4.69, 9.17) is 15.2 Å². The van der Waals surface area contributed by atoms with E-state index >= 15 is 0 Å². The van der Waals surface area contributed by atoms with Crippen LogP contribution in [-0.4, -0.2) is 37.1 Å². The molecule has 1 aliphatic heterocycles. The number of methoxy groups -OCH3 is 2. The fraction of sp³-hybridized carbons (Fsp3) is 0.250. The molecule has 1 amide bonds. The van der Waals surface area contributed by atoms with Crippen molar-refractivity contribution in [3.05, 3.63) is 65.7 Å². The van der Waals surface area contributed by atoms with Gasteiger partial charge in [0.1, 0.15) is 6.04 Å². The highest BCUT2D eigenvalue weighted by Crippen LogP contribution is 2.30. The summed E-state index contributed by atoms with van der Waals surface area (Å²) in [4.78, 5) is 13.9. The molecule has 2 N–H and O–H groups in total. The van der Waals surface area contributed by atoms with E-state index in [1.54, 1.807) is 19.1 Å². The number of ether oxygens (including phenoxy) is 2. The maximum atomic E-state index is 12.2. The van der Waals surface area contributed by atoms with E-state index in [0.717, 1.165) is 11.1 Å². The minimum atomic E-state index is -0.486. The molecule has 0 bridgehead atoms. The van der Waals surface area contributed by atoms with Crippen LogP contribution in [0.3, 0.4) is 0 Å². The van der Waals surface area contributed by atoms with Crippen LogP contribution in [0, 0.1) is 0 Å². The fourth-order valence-electron chi connectivity index (χ4n) is 2.95. The second kappa shape index (κ2) is 7.40. The van der Waals surface area contributed by atoms with E-state index in [2.05, 4.69) is 0 Å². The van der Waals surface area contributed by atoms with Gasteiger partial charge in [0.2, 0.25) is 5.91 Å². The third-order valence-corrected chi connectivity index (χ3v) is 4.38. The lowest BCUT2D eigenvalue weighted by molar-refractivity contribution is -0.147. The summed E-state index contributed by atoms with van der Waals surface area (Å²) in [7, 11) is 3.19. The van der Waals surface area contributed by atoms with Crippen molar-refractivity contribution in [2.75, 3.05) is 14.2 Å². The molecule has 1 aliphatic rings. The number of nitrogens with two attached hydrogens (primary N) is 1. The smallest absolute Gasteiger partial charge is 0.242 e. The van der Waals surface area contributed by atoms with Crippen LogP contribution in [0.4, 0.5) is 0 Å². The minimum Gasteiger partial charge on any atom is -0.493 e. The maximum absolute atomic E-state index is 12.2. The highest BCUT2D eigenvalue weighted by Gasteiger charge is 2.42. The van der Waals surface area contributed by atoms with Gasteiger partial charge in [0.05, 0.1) is 20.3 Å². The number of amides is 1. The lowest BCUT2D eigenvalue weighted by atomic mass is 9.94. The van der Waals surface area contributed by atoms with Crippen molar-refractivity contribution in [2.24, 2.45) is 5.73 Å². The van der Waals surface area contributed by atoms with Gasteiger partial charge in [0, 0.05) is 6.54 Å². The first-order valence-electron chi connectivity index (χ1n) is 8.14. The lowest BCUT2D eigenvalue weighted by Crippen LogP contribution is -2.67. The molecule has 0 aliphatic carbocycles. The minimum absolute atomic E-state index is 0.0440. The van der Waals surface area contributed by atoms with Gasteiger partial charge >= 0.3 is 0 Å². The van der Waals surface area contributed by atoms with Crippen LogP contribution in [0.1, 0.15) is 11.1 Å². The normalized spacial score (nSPS) is 19.8. The van der Waals surface area contributed by atoms with Gasteiger partial charge in [-0.2, -0.15) is 0 Å². The molecule has 0 aromatic heterocycles. The molecule has 2 aromatic rings. The summed E-state index contributed by atoms with van der Waals surface area (Å²) >= 11 is 0. The number of carbonyl (C=O) groups is 1. The summed E-state index contributed by atoms with van der Waals surface area (Å²) in [6.07, 6.45) is 3.99. The van der Waals surface area contributed by atoms with Gasteiger partial charge in [-0.05, 0) is 23.3 Å². The fourth-order valence-corrected chi connectivity index (χ4v) is 2.95. The molecular weight excluding hydrogens is 316 g/mol. The van der Waals surface area contributed by atoms with Gasteiger partial charge < -0.3 is 20.1 Å². The zero-order valence-corrected chi connectivity index (χ0v) is 14.4. The zero-order valence-electron chi connectivity index (χ0n) is 14.4. The highest BCUT2D eigenvalue weighted by molar-refractivity contribution is 5.90. The van der Waals surface area contributed by atoms with E-state index in [0.29, 0.717) is 18.0 Å². The van der Waals surface area contributed by atoms with Gasteiger partial charge in [0.15, 0.2) is 11.5 Å². The molecular formula is C20H22N2O3. The topological polar surface area (TPSA) is 64.8 Å². The van der Waals surface area contributed by atoms with Crippen molar-refractivity contribution in [3.63, 3.8) is 0 Å². The van der Waals surface area contributed by atoms with Gasteiger partial charge in [-0.3, -0.25) is 4.79 Å². The van der Waals surface area contributed by atoms with E-state index in [1.807, 2.05) is 60.7 Å². The zero-order chi connectivity index (χ0) is 17.8. The summed E-state index contributed by atoms with van der Waals surface area (Å²) in [6.45, 7) is 0.483. The van der Waals surface area contributed by atoms with E-state index in [9.17, 15) is 4.79 Å². The van der Waals surface area contributed by atoms with Crippen LogP contribution in [0.15, 0.2) is 54.6 Å². The number of nitrogens with zero attached hydrogens (tertiary/aromatic N) is 1. The summed E-state index contributed by atoms with van der Waals surface area (Å²) in [5, 5.41) is 0. The Morgan fingerprint density at radius 3 is 2.48 bits per heavy atom. The predicted octanol–water partition coefficient (Wildman–Crippen LogP) is 2.46. The predicted molar refractivity (Wildman–Crippen MR) is 97.3 cm³/mol. The standard InChI is InChI=1S/C20H22N2O3/c1-24-17-11-9-15(12-18(17)25-2)13-22-16(19(21)20(22)23)10-8-14-6-4-3-5-7-14/h3-12,16,19H,13,21H2,1-2H3. The first-order chi connectivity index (χ1) is 12.1.